The van der Waals surface area contributed by atoms with Crippen LogP contribution in [0.1, 0.15) is 26.6 Å². The van der Waals surface area contributed by atoms with E-state index in [0.29, 0.717) is 23.3 Å². The first-order valence-electron chi connectivity index (χ1n) is 6.89. The van der Waals surface area contributed by atoms with Crippen LogP contribution in [0.2, 0.25) is 0 Å². The molecule has 120 valence electrons. The number of benzene rings is 1. The fourth-order valence-electron chi connectivity index (χ4n) is 2.13. The van der Waals surface area contributed by atoms with Crippen LogP contribution < -0.4 is 11.3 Å². The molecular formula is C15H21ClN4O2. The van der Waals surface area contributed by atoms with Crippen LogP contribution in [0.15, 0.2) is 29.1 Å². The van der Waals surface area contributed by atoms with E-state index in [2.05, 4.69) is 9.97 Å². The van der Waals surface area contributed by atoms with Crippen molar-refractivity contribution in [1.29, 1.82) is 0 Å². The summed E-state index contributed by atoms with van der Waals surface area (Å²) >= 11 is 0. The molecule has 0 saturated carbocycles. The van der Waals surface area contributed by atoms with Crippen LogP contribution in [0.4, 0.5) is 0 Å². The number of aromatic amines is 1. The van der Waals surface area contributed by atoms with E-state index in [1.807, 2.05) is 13.0 Å². The summed E-state index contributed by atoms with van der Waals surface area (Å²) in [5, 5.41) is 0.537. The van der Waals surface area contributed by atoms with Crippen LogP contribution in [0.5, 0.6) is 0 Å². The third kappa shape index (κ3) is 3.84. The SMILES string of the molecule is CCN(Cc1nc2ccccc2c(=O)[nH]1)C(=O)C(C)(C)N.Cl. The topological polar surface area (TPSA) is 92.1 Å². The summed E-state index contributed by atoms with van der Waals surface area (Å²) in [5.74, 6) is 0.277. The lowest BCUT2D eigenvalue weighted by Crippen LogP contribution is -2.51. The fraction of sp³-hybridized carbons (Fsp3) is 0.400. The number of amides is 1. The van der Waals surface area contributed by atoms with Gasteiger partial charge in [0.15, 0.2) is 0 Å². The zero-order valence-corrected chi connectivity index (χ0v) is 13.7. The lowest BCUT2D eigenvalue weighted by molar-refractivity contribution is -0.136. The summed E-state index contributed by atoms with van der Waals surface area (Å²) < 4.78 is 0. The fourth-order valence-corrected chi connectivity index (χ4v) is 2.13. The third-order valence-electron chi connectivity index (χ3n) is 3.22. The first-order valence-corrected chi connectivity index (χ1v) is 6.89. The van der Waals surface area contributed by atoms with E-state index in [0.717, 1.165) is 0 Å². The third-order valence-corrected chi connectivity index (χ3v) is 3.22. The van der Waals surface area contributed by atoms with Gasteiger partial charge in [0.2, 0.25) is 5.91 Å². The average molecular weight is 325 g/mol. The average Bonchev–Trinajstić information content (AvgIpc) is 2.43. The van der Waals surface area contributed by atoms with Gasteiger partial charge in [-0.25, -0.2) is 4.98 Å². The minimum Gasteiger partial charge on any atom is -0.334 e. The van der Waals surface area contributed by atoms with Crippen LogP contribution in [0.25, 0.3) is 10.9 Å². The van der Waals surface area contributed by atoms with Crippen molar-refractivity contribution in [2.45, 2.75) is 32.9 Å². The molecule has 6 nitrogen and oxygen atoms in total. The van der Waals surface area contributed by atoms with Crippen LogP contribution in [0.3, 0.4) is 0 Å². The maximum atomic E-state index is 12.2. The first-order chi connectivity index (χ1) is 9.82. The molecular weight excluding hydrogens is 304 g/mol. The molecule has 1 heterocycles. The number of aromatic nitrogens is 2. The molecule has 0 spiro atoms. The molecule has 0 saturated heterocycles. The molecule has 0 atom stereocenters. The Morgan fingerprint density at radius 3 is 2.59 bits per heavy atom. The number of para-hydroxylation sites is 1. The smallest absolute Gasteiger partial charge is 0.258 e. The van der Waals surface area contributed by atoms with E-state index in [9.17, 15) is 9.59 Å². The molecule has 0 aliphatic carbocycles. The Labute approximate surface area is 135 Å². The second-order valence-electron chi connectivity index (χ2n) is 5.57. The summed E-state index contributed by atoms with van der Waals surface area (Å²) in [6.45, 7) is 5.91. The summed E-state index contributed by atoms with van der Waals surface area (Å²) in [4.78, 5) is 32.9. The van der Waals surface area contributed by atoms with Gasteiger partial charge in [0.1, 0.15) is 5.82 Å². The molecule has 2 rings (SSSR count). The highest BCUT2D eigenvalue weighted by atomic mass is 35.5. The summed E-state index contributed by atoms with van der Waals surface area (Å²) in [6.07, 6.45) is 0. The minimum absolute atomic E-state index is 0. The van der Waals surface area contributed by atoms with Gasteiger partial charge in [-0.05, 0) is 32.9 Å². The largest absolute Gasteiger partial charge is 0.334 e. The number of carbonyl (C=O) groups excluding carboxylic acids is 1. The number of nitrogens with one attached hydrogen (secondary N) is 1. The van der Waals surface area contributed by atoms with Gasteiger partial charge in [0.25, 0.3) is 5.56 Å². The van der Waals surface area contributed by atoms with E-state index >= 15 is 0 Å². The molecule has 1 aromatic heterocycles. The molecule has 0 fully saturated rings. The first kappa shape index (κ1) is 18.1. The van der Waals surface area contributed by atoms with E-state index in [1.165, 1.54) is 0 Å². The number of H-pyrrole nitrogens is 1. The second kappa shape index (κ2) is 6.89. The Morgan fingerprint density at radius 2 is 2.00 bits per heavy atom. The van der Waals surface area contributed by atoms with Gasteiger partial charge >= 0.3 is 0 Å². The predicted octanol–water partition coefficient (Wildman–Crippen LogP) is 1.43. The van der Waals surface area contributed by atoms with Crippen LogP contribution in [-0.4, -0.2) is 32.9 Å². The number of hydrogen-bond acceptors (Lipinski definition) is 4. The Balaban J connectivity index is 0.00000242. The highest BCUT2D eigenvalue weighted by molar-refractivity contribution is 5.85. The summed E-state index contributed by atoms with van der Waals surface area (Å²) in [5.41, 5.74) is 5.31. The summed E-state index contributed by atoms with van der Waals surface area (Å²) in [7, 11) is 0. The molecule has 1 aromatic carbocycles. The maximum absolute atomic E-state index is 12.2. The van der Waals surface area contributed by atoms with Crippen molar-refractivity contribution in [3.63, 3.8) is 0 Å². The highest BCUT2D eigenvalue weighted by Crippen LogP contribution is 2.10. The van der Waals surface area contributed by atoms with Crippen molar-refractivity contribution in [1.82, 2.24) is 14.9 Å². The lowest BCUT2D eigenvalue weighted by atomic mass is 10.1. The van der Waals surface area contributed by atoms with Gasteiger partial charge in [0.05, 0.1) is 23.0 Å². The van der Waals surface area contributed by atoms with Crippen LogP contribution >= 0.6 is 12.4 Å². The van der Waals surface area contributed by atoms with Crippen LogP contribution in [-0.2, 0) is 11.3 Å². The van der Waals surface area contributed by atoms with Gasteiger partial charge in [0, 0.05) is 6.54 Å². The summed E-state index contributed by atoms with van der Waals surface area (Å²) in [6, 6.07) is 7.11. The van der Waals surface area contributed by atoms with Gasteiger partial charge in [-0.3, -0.25) is 9.59 Å². The van der Waals surface area contributed by atoms with Crippen molar-refractivity contribution in [2.75, 3.05) is 6.54 Å². The molecule has 3 N–H and O–H groups in total. The molecule has 0 bridgehead atoms. The van der Waals surface area contributed by atoms with E-state index in [-0.39, 0.29) is 30.4 Å². The normalized spacial score (nSPS) is 11.1. The number of nitrogens with two attached hydrogens (primary N) is 1. The molecule has 0 aliphatic rings. The molecule has 7 heteroatoms. The van der Waals surface area contributed by atoms with E-state index in [4.69, 9.17) is 5.73 Å². The molecule has 22 heavy (non-hydrogen) atoms. The van der Waals surface area contributed by atoms with Crippen molar-refractivity contribution in [3.8, 4) is 0 Å². The Morgan fingerprint density at radius 1 is 1.36 bits per heavy atom. The standard InChI is InChI=1S/C15H20N4O2.ClH/c1-4-19(14(21)15(2,3)16)9-12-17-11-8-6-5-7-10(11)13(20)18-12;/h5-8H,4,9,16H2,1-3H3,(H,17,18,20);1H. The van der Waals surface area contributed by atoms with E-state index < -0.39 is 5.54 Å². The quantitative estimate of drug-likeness (QED) is 0.890. The Hall–Kier alpha value is -1.92. The Bertz CT molecular complexity index is 721. The molecule has 1 amide bonds. The molecule has 0 radical (unpaired) electrons. The number of rotatable bonds is 4. The number of fused-ring (bicyclic) bond motifs is 1. The Kier molecular flexibility index (Phi) is 5.68. The number of carbonyl (C=O) groups is 1. The second-order valence-corrected chi connectivity index (χ2v) is 5.57. The van der Waals surface area contributed by atoms with Crippen molar-refractivity contribution in [3.05, 3.63) is 40.4 Å². The maximum Gasteiger partial charge on any atom is 0.258 e. The molecule has 2 aromatic rings. The monoisotopic (exact) mass is 324 g/mol. The molecule has 0 unspecified atom stereocenters. The van der Waals surface area contributed by atoms with Gasteiger partial charge in [-0.2, -0.15) is 0 Å². The molecule has 0 aliphatic heterocycles. The predicted molar refractivity (Wildman–Crippen MR) is 89.0 cm³/mol. The zero-order chi connectivity index (χ0) is 15.6. The van der Waals surface area contributed by atoms with Gasteiger partial charge < -0.3 is 15.6 Å². The van der Waals surface area contributed by atoms with Crippen molar-refractivity contribution >= 4 is 29.2 Å². The van der Waals surface area contributed by atoms with Crippen molar-refractivity contribution in [2.24, 2.45) is 5.73 Å². The number of halogens is 1. The van der Waals surface area contributed by atoms with E-state index in [1.54, 1.807) is 36.9 Å². The highest BCUT2D eigenvalue weighted by Gasteiger charge is 2.27. The van der Waals surface area contributed by atoms with Gasteiger partial charge in [-0.15, -0.1) is 12.4 Å². The van der Waals surface area contributed by atoms with Gasteiger partial charge in [-0.1, -0.05) is 12.1 Å². The number of nitrogens with zero attached hydrogens (tertiary/aromatic N) is 2. The number of hydrogen-bond donors (Lipinski definition) is 2. The van der Waals surface area contributed by atoms with Crippen molar-refractivity contribution < 1.29 is 4.79 Å². The minimum atomic E-state index is -0.951. The lowest BCUT2D eigenvalue weighted by Gasteiger charge is -2.27. The number of likely N-dealkylation sites (N-methyl/N-ethyl adjacent to an activating group) is 1. The zero-order valence-electron chi connectivity index (χ0n) is 12.9. The van der Waals surface area contributed by atoms with Crippen LogP contribution in [0, 0.1) is 0 Å².